The molecule has 3 rings (SSSR count). The van der Waals surface area contributed by atoms with E-state index in [0.717, 1.165) is 37.2 Å². The van der Waals surface area contributed by atoms with Crippen molar-refractivity contribution in [2.75, 3.05) is 13.7 Å². The Morgan fingerprint density at radius 2 is 2.16 bits per heavy atom. The maximum Gasteiger partial charge on any atom is 0.119 e. The van der Waals surface area contributed by atoms with Crippen LogP contribution in [-0.2, 0) is 12.8 Å². The highest BCUT2D eigenvalue weighted by atomic mass is 16.5. The first-order valence-corrected chi connectivity index (χ1v) is 6.72. The molecule has 0 bridgehead atoms. The summed E-state index contributed by atoms with van der Waals surface area (Å²) < 4.78 is 7.23. The molecule has 1 aliphatic carbocycles. The molecule has 2 aromatic rings. The number of rotatable bonds is 3. The Morgan fingerprint density at radius 1 is 1.37 bits per heavy atom. The highest BCUT2D eigenvalue weighted by molar-refractivity contribution is 5.40. The maximum absolute atomic E-state index is 5.77. The molecule has 1 aromatic heterocycles. The number of nitrogens with two attached hydrogens (primary N) is 1. The third kappa shape index (κ3) is 2.24. The molecule has 4 nitrogen and oxygen atoms in total. The molecular formula is C15H19N3O. The summed E-state index contributed by atoms with van der Waals surface area (Å²) in [5, 5.41) is 4.53. The van der Waals surface area contributed by atoms with Crippen molar-refractivity contribution in [3.63, 3.8) is 0 Å². The SMILES string of the molecule is COc1ccc(-n2ncc3c2CCC(CN)C3)cc1. The van der Waals surface area contributed by atoms with Gasteiger partial charge < -0.3 is 10.5 Å². The molecule has 4 heteroatoms. The predicted octanol–water partition coefficient (Wildman–Crippen LogP) is 1.94. The molecule has 1 atom stereocenters. The monoisotopic (exact) mass is 257 g/mol. The minimum absolute atomic E-state index is 0.612. The van der Waals surface area contributed by atoms with Crippen molar-refractivity contribution in [3.8, 4) is 11.4 Å². The van der Waals surface area contributed by atoms with Crippen molar-refractivity contribution < 1.29 is 4.74 Å². The number of nitrogens with zero attached hydrogens (tertiary/aromatic N) is 2. The van der Waals surface area contributed by atoms with Crippen LogP contribution in [0, 0.1) is 5.92 Å². The third-order valence-electron chi connectivity index (χ3n) is 3.90. The van der Waals surface area contributed by atoms with Crippen LogP contribution in [0.2, 0.25) is 0 Å². The Kier molecular flexibility index (Phi) is 3.25. The molecule has 0 aliphatic heterocycles. The van der Waals surface area contributed by atoms with E-state index >= 15 is 0 Å². The highest BCUT2D eigenvalue weighted by Crippen LogP contribution is 2.27. The van der Waals surface area contributed by atoms with Crippen molar-refractivity contribution in [2.24, 2.45) is 11.7 Å². The standard InChI is InChI=1S/C15H19N3O/c1-19-14-5-3-13(4-6-14)18-15-7-2-11(9-16)8-12(15)10-17-18/h3-6,10-11H,2,7-9,16H2,1H3. The van der Waals surface area contributed by atoms with Gasteiger partial charge in [0.15, 0.2) is 0 Å². The number of hydrogen-bond acceptors (Lipinski definition) is 3. The van der Waals surface area contributed by atoms with Gasteiger partial charge in [0, 0.05) is 5.69 Å². The van der Waals surface area contributed by atoms with Gasteiger partial charge >= 0.3 is 0 Å². The quantitative estimate of drug-likeness (QED) is 0.914. The van der Waals surface area contributed by atoms with Crippen LogP contribution in [0.4, 0.5) is 0 Å². The molecule has 2 N–H and O–H groups in total. The number of aromatic nitrogens is 2. The van der Waals surface area contributed by atoms with Crippen molar-refractivity contribution in [3.05, 3.63) is 41.7 Å². The highest BCUT2D eigenvalue weighted by Gasteiger charge is 2.21. The van der Waals surface area contributed by atoms with Crippen LogP contribution in [0.1, 0.15) is 17.7 Å². The van der Waals surface area contributed by atoms with Gasteiger partial charge in [-0.2, -0.15) is 5.10 Å². The predicted molar refractivity (Wildman–Crippen MR) is 74.7 cm³/mol. The van der Waals surface area contributed by atoms with Gasteiger partial charge in [-0.3, -0.25) is 0 Å². The Labute approximate surface area is 113 Å². The van der Waals surface area contributed by atoms with Crippen molar-refractivity contribution in [2.45, 2.75) is 19.3 Å². The number of fused-ring (bicyclic) bond motifs is 1. The summed E-state index contributed by atoms with van der Waals surface area (Å²) >= 11 is 0. The molecule has 0 saturated heterocycles. The molecule has 0 spiro atoms. The smallest absolute Gasteiger partial charge is 0.119 e. The van der Waals surface area contributed by atoms with Crippen LogP contribution in [0.3, 0.4) is 0 Å². The average Bonchev–Trinajstić information content (AvgIpc) is 2.90. The van der Waals surface area contributed by atoms with Crippen LogP contribution in [0.5, 0.6) is 5.75 Å². The summed E-state index contributed by atoms with van der Waals surface area (Å²) in [5.41, 5.74) is 9.53. The fourth-order valence-corrected chi connectivity index (χ4v) is 2.75. The molecule has 19 heavy (non-hydrogen) atoms. The van der Waals surface area contributed by atoms with Gasteiger partial charge in [0.2, 0.25) is 0 Å². The van der Waals surface area contributed by atoms with Gasteiger partial charge in [0.1, 0.15) is 5.75 Å². The second-order valence-corrected chi connectivity index (χ2v) is 5.07. The minimum atomic E-state index is 0.612. The van der Waals surface area contributed by atoms with Crippen molar-refractivity contribution >= 4 is 0 Å². The van der Waals surface area contributed by atoms with E-state index in [4.69, 9.17) is 10.5 Å². The van der Waals surface area contributed by atoms with Crippen LogP contribution in [0.25, 0.3) is 5.69 Å². The number of ether oxygens (including phenoxy) is 1. The normalized spacial score (nSPS) is 18.1. The van der Waals surface area contributed by atoms with E-state index in [0.29, 0.717) is 5.92 Å². The van der Waals surface area contributed by atoms with E-state index < -0.39 is 0 Å². The molecule has 1 heterocycles. The van der Waals surface area contributed by atoms with Gasteiger partial charge in [-0.15, -0.1) is 0 Å². The molecule has 0 fully saturated rings. The molecule has 1 aliphatic rings. The molecular weight excluding hydrogens is 238 g/mol. The first-order valence-electron chi connectivity index (χ1n) is 6.72. The van der Waals surface area contributed by atoms with Gasteiger partial charge in [0.05, 0.1) is 19.0 Å². The van der Waals surface area contributed by atoms with Gasteiger partial charge in [-0.1, -0.05) is 0 Å². The van der Waals surface area contributed by atoms with E-state index in [1.165, 1.54) is 11.3 Å². The maximum atomic E-state index is 5.77. The summed E-state index contributed by atoms with van der Waals surface area (Å²) in [4.78, 5) is 0. The van der Waals surface area contributed by atoms with E-state index in [9.17, 15) is 0 Å². The number of benzene rings is 1. The zero-order valence-electron chi connectivity index (χ0n) is 11.2. The fraction of sp³-hybridized carbons (Fsp3) is 0.400. The average molecular weight is 257 g/mol. The minimum Gasteiger partial charge on any atom is -0.497 e. The van der Waals surface area contributed by atoms with Crippen LogP contribution in [0.15, 0.2) is 30.5 Å². The van der Waals surface area contributed by atoms with Gasteiger partial charge in [-0.05, 0) is 61.6 Å². The Morgan fingerprint density at radius 3 is 2.84 bits per heavy atom. The van der Waals surface area contributed by atoms with Crippen LogP contribution in [-0.4, -0.2) is 23.4 Å². The summed E-state index contributed by atoms with van der Waals surface area (Å²) in [6.45, 7) is 0.771. The van der Waals surface area contributed by atoms with Crippen molar-refractivity contribution in [1.29, 1.82) is 0 Å². The first kappa shape index (κ1) is 12.2. The zero-order valence-corrected chi connectivity index (χ0v) is 11.2. The van der Waals surface area contributed by atoms with Gasteiger partial charge in [0.25, 0.3) is 0 Å². The van der Waals surface area contributed by atoms with E-state index in [1.807, 2.05) is 35.1 Å². The largest absolute Gasteiger partial charge is 0.497 e. The Bertz CT molecular complexity index is 559. The molecule has 1 unspecified atom stereocenters. The zero-order chi connectivity index (χ0) is 13.2. The molecule has 0 radical (unpaired) electrons. The van der Waals surface area contributed by atoms with Crippen LogP contribution < -0.4 is 10.5 Å². The van der Waals surface area contributed by atoms with Crippen molar-refractivity contribution in [1.82, 2.24) is 9.78 Å². The lowest BCUT2D eigenvalue weighted by Crippen LogP contribution is -2.22. The Hall–Kier alpha value is -1.81. The molecule has 0 amide bonds. The van der Waals surface area contributed by atoms with E-state index in [2.05, 4.69) is 5.10 Å². The number of methoxy groups -OCH3 is 1. The Balaban J connectivity index is 1.92. The summed E-state index contributed by atoms with van der Waals surface area (Å²) in [6, 6.07) is 8.02. The first-order chi connectivity index (χ1) is 9.31. The van der Waals surface area contributed by atoms with Crippen LogP contribution >= 0.6 is 0 Å². The van der Waals surface area contributed by atoms with E-state index in [1.54, 1.807) is 7.11 Å². The summed E-state index contributed by atoms with van der Waals surface area (Å²) in [7, 11) is 1.68. The molecule has 100 valence electrons. The molecule has 0 saturated carbocycles. The summed E-state index contributed by atoms with van der Waals surface area (Å²) in [5.74, 6) is 1.48. The number of hydrogen-bond donors (Lipinski definition) is 1. The molecule has 1 aromatic carbocycles. The van der Waals surface area contributed by atoms with Gasteiger partial charge in [-0.25, -0.2) is 4.68 Å². The second-order valence-electron chi connectivity index (χ2n) is 5.07. The lowest BCUT2D eigenvalue weighted by atomic mass is 9.88. The summed E-state index contributed by atoms with van der Waals surface area (Å²) in [6.07, 6.45) is 5.26. The topological polar surface area (TPSA) is 53.1 Å². The van der Waals surface area contributed by atoms with E-state index in [-0.39, 0.29) is 0 Å². The third-order valence-corrected chi connectivity index (χ3v) is 3.90. The fourth-order valence-electron chi connectivity index (χ4n) is 2.75. The lowest BCUT2D eigenvalue weighted by Gasteiger charge is -2.21. The lowest BCUT2D eigenvalue weighted by molar-refractivity contribution is 0.414. The second kappa shape index (κ2) is 5.05.